The van der Waals surface area contributed by atoms with Crippen molar-refractivity contribution in [1.29, 1.82) is 0 Å². The molecule has 29 heavy (non-hydrogen) atoms. The Morgan fingerprint density at radius 3 is 2.03 bits per heavy atom. The number of hydrogen-bond donors (Lipinski definition) is 2. The summed E-state index contributed by atoms with van der Waals surface area (Å²) < 4.78 is 49.1. The number of rotatable bonds is 5. The minimum absolute atomic E-state index is 0.0183. The fourth-order valence-corrected chi connectivity index (χ4v) is 3.33. The van der Waals surface area contributed by atoms with Gasteiger partial charge in [-0.05, 0) is 61.6 Å². The molecular weight excluding hydrogens is 385 g/mol. The minimum Gasteiger partial charge on any atom is -0.459 e. The summed E-state index contributed by atoms with van der Waals surface area (Å²) in [4.78, 5) is 12.3. The Morgan fingerprint density at radius 2 is 1.48 bits per heavy atom. The number of nitrogens with two attached hydrogens (primary N) is 2. The molecule has 0 aromatic heterocycles. The van der Waals surface area contributed by atoms with Crippen LogP contribution in [-0.4, -0.2) is 18.2 Å². The molecule has 0 bridgehead atoms. The van der Waals surface area contributed by atoms with E-state index in [4.69, 9.17) is 20.9 Å². The molecule has 0 unspecified atom stereocenters. The van der Waals surface area contributed by atoms with Crippen molar-refractivity contribution < 1.29 is 27.4 Å². The molecule has 1 saturated carbocycles. The van der Waals surface area contributed by atoms with E-state index in [1.54, 1.807) is 6.07 Å². The number of hydrogen-bond acceptors (Lipinski definition) is 5. The molecule has 0 atom stereocenters. The van der Waals surface area contributed by atoms with E-state index in [2.05, 4.69) is 0 Å². The quantitative estimate of drug-likeness (QED) is 0.560. The van der Waals surface area contributed by atoms with Crippen LogP contribution in [0.4, 0.5) is 24.5 Å². The minimum atomic E-state index is -4.34. The number of carbonyl (C=O) groups is 1. The summed E-state index contributed by atoms with van der Waals surface area (Å²) in [6.45, 7) is 0.246. The molecule has 5 nitrogen and oxygen atoms in total. The predicted molar refractivity (Wildman–Crippen MR) is 103 cm³/mol. The normalized spacial score (nSPS) is 19.7. The third kappa shape index (κ3) is 5.87. The molecule has 0 radical (unpaired) electrons. The largest absolute Gasteiger partial charge is 0.459 e. The third-order valence-electron chi connectivity index (χ3n) is 4.88. The molecule has 0 saturated heterocycles. The van der Waals surface area contributed by atoms with Gasteiger partial charge in [-0.25, -0.2) is 4.79 Å². The molecule has 0 spiro atoms. The second-order valence-corrected chi connectivity index (χ2v) is 7.20. The van der Waals surface area contributed by atoms with Gasteiger partial charge in [0.1, 0.15) is 6.10 Å². The van der Waals surface area contributed by atoms with Crippen molar-refractivity contribution in [3.05, 3.63) is 59.2 Å². The fourth-order valence-electron chi connectivity index (χ4n) is 3.33. The highest BCUT2D eigenvalue weighted by Gasteiger charge is 2.30. The lowest BCUT2D eigenvalue weighted by Crippen LogP contribution is -2.28. The van der Waals surface area contributed by atoms with Gasteiger partial charge in [-0.2, -0.15) is 13.2 Å². The number of anilines is 2. The van der Waals surface area contributed by atoms with E-state index in [0.29, 0.717) is 48.2 Å². The van der Waals surface area contributed by atoms with E-state index in [9.17, 15) is 18.0 Å². The molecule has 1 aliphatic rings. The molecule has 1 aliphatic carbocycles. The van der Waals surface area contributed by atoms with Crippen LogP contribution in [0.3, 0.4) is 0 Å². The van der Waals surface area contributed by atoms with Gasteiger partial charge in [0.25, 0.3) is 0 Å². The van der Waals surface area contributed by atoms with Crippen molar-refractivity contribution in [3.63, 3.8) is 0 Å². The van der Waals surface area contributed by atoms with Crippen LogP contribution in [0, 0.1) is 0 Å². The molecule has 4 N–H and O–H groups in total. The summed E-state index contributed by atoms with van der Waals surface area (Å²) in [6.07, 6.45) is -1.85. The summed E-state index contributed by atoms with van der Waals surface area (Å²) in [6, 6.07) is 9.57. The van der Waals surface area contributed by atoms with Crippen molar-refractivity contribution in [3.8, 4) is 0 Å². The molecule has 156 valence electrons. The summed E-state index contributed by atoms with van der Waals surface area (Å²) in [7, 11) is 0. The topological polar surface area (TPSA) is 87.6 Å². The highest BCUT2D eigenvalue weighted by molar-refractivity contribution is 5.91. The van der Waals surface area contributed by atoms with Gasteiger partial charge in [-0.15, -0.1) is 0 Å². The molecule has 3 rings (SSSR count). The molecule has 0 amide bonds. The highest BCUT2D eigenvalue weighted by Crippen LogP contribution is 2.30. The smallest absolute Gasteiger partial charge is 0.416 e. The lowest BCUT2D eigenvalue weighted by atomic mass is 9.95. The zero-order chi connectivity index (χ0) is 21.0. The van der Waals surface area contributed by atoms with Crippen LogP contribution < -0.4 is 11.5 Å². The summed E-state index contributed by atoms with van der Waals surface area (Å²) >= 11 is 0. The first kappa shape index (κ1) is 21.0. The average Bonchev–Trinajstić information content (AvgIpc) is 2.66. The van der Waals surface area contributed by atoms with E-state index in [1.165, 1.54) is 24.3 Å². The Bertz CT molecular complexity index is 825. The van der Waals surface area contributed by atoms with E-state index in [1.807, 2.05) is 0 Å². The van der Waals surface area contributed by atoms with Crippen molar-refractivity contribution in [2.75, 3.05) is 11.5 Å². The average molecular weight is 408 g/mol. The van der Waals surface area contributed by atoms with Crippen molar-refractivity contribution in [1.82, 2.24) is 0 Å². The van der Waals surface area contributed by atoms with Crippen LogP contribution in [0.2, 0.25) is 0 Å². The van der Waals surface area contributed by atoms with Crippen molar-refractivity contribution >= 4 is 17.3 Å². The molecular formula is C21H23F3N2O3. The van der Waals surface area contributed by atoms with Crippen LogP contribution in [0.5, 0.6) is 0 Å². The van der Waals surface area contributed by atoms with Gasteiger partial charge in [0.05, 0.1) is 23.8 Å². The Morgan fingerprint density at radius 1 is 0.931 bits per heavy atom. The lowest BCUT2D eigenvalue weighted by Gasteiger charge is -2.28. The lowest BCUT2D eigenvalue weighted by molar-refractivity contribution is -0.137. The molecule has 8 heteroatoms. The standard InChI is InChI=1S/C21H23F3N2O3/c22-21(23,24)15-3-1-13(2-4-15)12-28-18-5-7-19(8-6-18)29-20(27)14-9-16(25)11-17(26)10-14/h1-4,9-11,18-19H,5-8,12,25-26H2. The second kappa shape index (κ2) is 8.73. The maximum absolute atomic E-state index is 12.6. The number of esters is 1. The van der Waals surface area contributed by atoms with Crippen LogP contribution in [0.15, 0.2) is 42.5 Å². The number of ether oxygens (including phenoxy) is 2. The van der Waals surface area contributed by atoms with Crippen LogP contribution in [0.1, 0.15) is 47.2 Å². The van der Waals surface area contributed by atoms with Crippen LogP contribution >= 0.6 is 0 Å². The van der Waals surface area contributed by atoms with Gasteiger partial charge >= 0.3 is 12.1 Å². The van der Waals surface area contributed by atoms with Crippen molar-refractivity contribution in [2.45, 2.75) is 50.7 Å². The molecule has 2 aromatic carbocycles. The summed E-state index contributed by atoms with van der Waals surface area (Å²) in [5, 5.41) is 0. The zero-order valence-electron chi connectivity index (χ0n) is 15.7. The fraction of sp³-hybridized carbons (Fsp3) is 0.381. The SMILES string of the molecule is Nc1cc(N)cc(C(=O)OC2CCC(OCc3ccc(C(F)(F)F)cc3)CC2)c1. The number of nitrogen functional groups attached to an aromatic ring is 2. The number of alkyl halides is 3. The van der Waals surface area contributed by atoms with Gasteiger partial charge in [-0.3, -0.25) is 0 Å². The maximum Gasteiger partial charge on any atom is 0.416 e. The first-order valence-electron chi connectivity index (χ1n) is 9.35. The Kier molecular flexibility index (Phi) is 6.32. The first-order chi connectivity index (χ1) is 13.7. The van der Waals surface area contributed by atoms with Crippen LogP contribution in [-0.2, 0) is 22.3 Å². The zero-order valence-corrected chi connectivity index (χ0v) is 15.7. The third-order valence-corrected chi connectivity index (χ3v) is 4.88. The highest BCUT2D eigenvalue weighted by atomic mass is 19.4. The van der Waals surface area contributed by atoms with Crippen LogP contribution in [0.25, 0.3) is 0 Å². The molecule has 1 fully saturated rings. The number of halogens is 3. The second-order valence-electron chi connectivity index (χ2n) is 7.20. The van der Waals surface area contributed by atoms with E-state index in [-0.39, 0.29) is 18.8 Å². The van der Waals surface area contributed by atoms with Gasteiger partial charge in [0.15, 0.2) is 0 Å². The number of benzene rings is 2. The molecule has 2 aromatic rings. The molecule has 0 aliphatic heterocycles. The van der Waals surface area contributed by atoms with Gasteiger partial charge < -0.3 is 20.9 Å². The van der Waals surface area contributed by atoms with Gasteiger partial charge in [0, 0.05) is 11.4 Å². The Balaban J connectivity index is 1.44. The first-order valence-corrected chi connectivity index (χ1v) is 9.35. The van der Waals surface area contributed by atoms with Crippen molar-refractivity contribution in [2.24, 2.45) is 0 Å². The van der Waals surface area contributed by atoms with E-state index in [0.717, 1.165) is 12.1 Å². The Hall–Kier alpha value is -2.74. The van der Waals surface area contributed by atoms with E-state index < -0.39 is 17.7 Å². The van der Waals surface area contributed by atoms with Gasteiger partial charge in [0.2, 0.25) is 0 Å². The summed E-state index contributed by atoms with van der Waals surface area (Å²) in [5.74, 6) is -0.460. The monoisotopic (exact) mass is 408 g/mol. The van der Waals surface area contributed by atoms with Gasteiger partial charge in [-0.1, -0.05) is 12.1 Å². The number of carbonyl (C=O) groups excluding carboxylic acids is 1. The summed E-state index contributed by atoms with van der Waals surface area (Å²) in [5.41, 5.74) is 12.5. The predicted octanol–water partition coefficient (Wildman–Crippen LogP) is 4.55. The molecule has 0 heterocycles. The maximum atomic E-state index is 12.6. The Labute approximate surface area is 166 Å². The van der Waals surface area contributed by atoms with E-state index >= 15 is 0 Å².